The highest BCUT2D eigenvalue weighted by Crippen LogP contribution is 2.15. The summed E-state index contributed by atoms with van der Waals surface area (Å²) < 4.78 is 31.7. The van der Waals surface area contributed by atoms with Gasteiger partial charge in [-0.05, 0) is 0 Å². The van der Waals surface area contributed by atoms with E-state index in [1.165, 1.54) is 18.0 Å². The molecule has 86 valence electrons. The smallest absolute Gasteiger partial charge is 0.245 e. The lowest BCUT2D eigenvalue weighted by Crippen LogP contribution is -2.27. The summed E-state index contributed by atoms with van der Waals surface area (Å²) in [5, 5.41) is 3.75. The largest absolute Gasteiger partial charge is 0.383 e. The fraction of sp³-hybridized carbons (Fsp3) is 0.571. The first kappa shape index (κ1) is 12.0. The molecule has 0 aliphatic rings. The van der Waals surface area contributed by atoms with Crippen LogP contribution in [0.1, 0.15) is 0 Å². The van der Waals surface area contributed by atoms with Crippen LogP contribution in [-0.2, 0) is 21.8 Å². The Morgan fingerprint density at radius 1 is 1.67 bits per heavy atom. The normalized spacial score (nSPS) is 11.9. The average Bonchev–Trinajstić information content (AvgIpc) is 2.48. The second-order valence-corrected chi connectivity index (χ2v) is 4.64. The van der Waals surface area contributed by atoms with Crippen LogP contribution < -0.4 is 10.5 Å². The van der Waals surface area contributed by atoms with Crippen molar-refractivity contribution < 1.29 is 13.2 Å². The Morgan fingerprint density at radius 3 is 2.80 bits per heavy atom. The molecule has 15 heavy (non-hydrogen) atoms. The second kappa shape index (κ2) is 4.60. The number of ether oxygens (including phenoxy) is 1. The molecule has 8 heteroatoms. The first-order valence-corrected chi connectivity index (χ1v) is 5.73. The Labute approximate surface area is 88.3 Å². The molecule has 1 rings (SSSR count). The van der Waals surface area contributed by atoms with E-state index in [2.05, 4.69) is 9.82 Å². The minimum atomic E-state index is -3.58. The molecule has 0 amide bonds. The zero-order chi connectivity index (χ0) is 11.5. The van der Waals surface area contributed by atoms with Crippen molar-refractivity contribution in [1.29, 1.82) is 0 Å². The van der Waals surface area contributed by atoms with E-state index in [4.69, 9.17) is 10.5 Å². The van der Waals surface area contributed by atoms with Crippen LogP contribution in [0.5, 0.6) is 0 Å². The number of methoxy groups -OCH3 is 1. The average molecular weight is 234 g/mol. The van der Waals surface area contributed by atoms with Gasteiger partial charge in [0.25, 0.3) is 0 Å². The molecule has 3 N–H and O–H groups in total. The topological polar surface area (TPSA) is 99.2 Å². The number of aryl methyl sites for hydroxylation is 1. The number of nitrogens with two attached hydrogens (primary N) is 1. The van der Waals surface area contributed by atoms with Crippen molar-refractivity contribution >= 4 is 15.8 Å². The number of nitrogens with one attached hydrogen (secondary N) is 1. The Kier molecular flexibility index (Phi) is 3.66. The number of sulfonamides is 1. The third kappa shape index (κ3) is 2.67. The van der Waals surface area contributed by atoms with Gasteiger partial charge in [-0.3, -0.25) is 4.68 Å². The van der Waals surface area contributed by atoms with Gasteiger partial charge in [-0.2, -0.15) is 5.10 Å². The van der Waals surface area contributed by atoms with Crippen molar-refractivity contribution in [2.75, 3.05) is 26.0 Å². The number of anilines is 1. The van der Waals surface area contributed by atoms with Gasteiger partial charge in [0.1, 0.15) is 10.7 Å². The Hall–Kier alpha value is -1.12. The molecule has 0 aromatic carbocycles. The SMILES string of the molecule is COCCNS(=O)(=O)c1cnn(C)c1N. The van der Waals surface area contributed by atoms with Crippen LogP contribution in [0.15, 0.2) is 11.1 Å². The van der Waals surface area contributed by atoms with Crippen molar-refractivity contribution in [2.45, 2.75) is 4.90 Å². The van der Waals surface area contributed by atoms with Gasteiger partial charge in [0.05, 0.1) is 12.8 Å². The predicted octanol–water partition coefficient (Wildman–Crippen LogP) is -1.07. The van der Waals surface area contributed by atoms with Crippen LogP contribution in [0.3, 0.4) is 0 Å². The highest BCUT2D eigenvalue weighted by molar-refractivity contribution is 7.89. The Bertz CT molecular complexity index is 425. The molecule has 0 saturated carbocycles. The maximum Gasteiger partial charge on any atom is 0.245 e. The monoisotopic (exact) mass is 234 g/mol. The molecule has 0 aliphatic heterocycles. The number of hydrogen-bond acceptors (Lipinski definition) is 5. The number of nitrogens with zero attached hydrogens (tertiary/aromatic N) is 2. The fourth-order valence-corrected chi connectivity index (χ4v) is 2.09. The molecule has 1 aromatic rings. The Balaban J connectivity index is 2.82. The molecule has 0 atom stereocenters. The van der Waals surface area contributed by atoms with Gasteiger partial charge < -0.3 is 10.5 Å². The third-order valence-electron chi connectivity index (χ3n) is 1.84. The zero-order valence-electron chi connectivity index (χ0n) is 8.60. The summed E-state index contributed by atoms with van der Waals surface area (Å²) in [5.74, 6) is 0.111. The van der Waals surface area contributed by atoms with Crippen molar-refractivity contribution in [3.05, 3.63) is 6.20 Å². The summed E-state index contributed by atoms with van der Waals surface area (Å²) in [7, 11) is -0.515. The number of hydrogen-bond donors (Lipinski definition) is 2. The third-order valence-corrected chi connectivity index (χ3v) is 3.31. The predicted molar refractivity (Wildman–Crippen MR) is 54.7 cm³/mol. The minimum absolute atomic E-state index is 0.0129. The molecule has 1 aromatic heterocycles. The molecule has 0 radical (unpaired) electrons. The van der Waals surface area contributed by atoms with Gasteiger partial charge >= 0.3 is 0 Å². The first-order chi connectivity index (χ1) is 6.99. The number of rotatable bonds is 5. The molecule has 0 aliphatic carbocycles. The maximum absolute atomic E-state index is 11.6. The van der Waals surface area contributed by atoms with Crippen molar-refractivity contribution in [3.63, 3.8) is 0 Å². The first-order valence-electron chi connectivity index (χ1n) is 4.25. The lowest BCUT2D eigenvalue weighted by Gasteiger charge is -2.04. The van der Waals surface area contributed by atoms with Crippen LogP contribution in [0.4, 0.5) is 5.82 Å². The molecule has 0 bridgehead atoms. The van der Waals surface area contributed by atoms with Gasteiger partial charge in [0, 0.05) is 20.7 Å². The summed E-state index contributed by atoms with van der Waals surface area (Å²) in [6.45, 7) is 0.507. The summed E-state index contributed by atoms with van der Waals surface area (Å²) in [6.07, 6.45) is 1.21. The van der Waals surface area contributed by atoms with Crippen LogP contribution in [0.25, 0.3) is 0 Å². The van der Waals surface area contributed by atoms with E-state index in [9.17, 15) is 8.42 Å². The van der Waals surface area contributed by atoms with Crippen LogP contribution >= 0.6 is 0 Å². The molecule has 0 saturated heterocycles. The van der Waals surface area contributed by atoms with E-state index < -0.39 is 10.0 Å². The molecule has 1 heterocycles. The van der Waals surface area contributed by atoms with Crippen molar-refractivity contribution in [3.8, 4) is 0 Å². The molecule has 0 unspecified atom stereocenters. The van der Waals surface area contributed by atoms with Crippen molar-refractivity contribution in [1.82, 2.24) is 14.5 Å². The zero-order valence-corrected chi connectivity index (χ0v) is 9.41. The lowest BCUT2D eigenvalue weighted by atomic mass is 10.6. The van der Waals surface area contributed by atoms with Crippen LogP contribution in [-0.4, -0.2) is 38.5 Å². The van der Waals surface area contributed by atoms with E-state index >= 15 is 0 Å². The highest BCUT2D eigenvalue weighted by atomic mass is 32.2. The Morgan fingerprint density at radius 2 is 2.33 bits per heavy atom. The maximum atomic E-state index is 11.6. The quantitative estimate of drug-likeness (QED) is 0.632. The van der Waals surface area contributed by atoms with Gasteiger partial charge in [0.15, 0.2) is 0 Å². The molecule has 0 spiro atoms. The molecule has 0 fully saturated rings. The van der Waals surface area contributed by atoms with Gasteiger partial charge in [-0.1, -0.05) is 0 Å². The second-order valence-electron chi connectivity index (χ2n) is 2.91. The van der Waals surface area contributed by atoms with E-state index in [-0.39, 0.29) is 17.3 Å². The van der Waals surface area contributed by atoms with Gasteiger partial charge in [0.2, 0.25) is 10.0 Å². The standard InChI is InChI=1S/C7H14N4O3S/c1-11-7(8)6(5-9-11)15(12,13)10-3-4-14-2/h5,10H,3-4,8H2,1-2H3. The molecular weight excluding hydrogens is 220 g/mol. The summed E-state index contributed by atoms with van der Waals surface area (Å²) >= 11 is 0. The fourth-order valence-electron chi connectivity index (χ4n) is 0.990. The van der Waals surface area contributed by atoms with E-state index in [1.54, 1.807) is 7.05 Å². The lowest BCUT2D eigenvalue weighted by molar-refractivity contribution is 0.204. The highest BCUT2D eigenvalue weighted by Gasteiger charge is 2.19. The van der Waals surface area contributed by atoms with Crippen molar-refractivity contribution in [2.24, 2.45) is 7.05 Å². The molecule has 7 nitrogen and oxygen atoms in total. The minimum Gasteiger partial charge on any atom is -0.383 e. The van der Waals surface area contributed by atoms with Gasteiger partial charge in [-0.25, -0.2) is 13.1 Å². The van der Waals surface area contributed by atoms with E-state index in [1.807, 2.05) is 0 Å². The van der Waals surface area contributed by atoms with Gasteiger partial charge in [-0.15, -0.1) is 0 Å². The summed E-state index contributed by atoms with van der Waals surface area (Å²) in [4.78, 5) is -0.0129. The van der Waals surface area contributed by atoms with E-state index in [0.717, 1.165) is 0 Å². The summed E-state index contributed by atoms with van der Waals surface area (Å²) in [6, 6.07) is 0. The van der Waals surface area contributed by atoms with Crippen LogP contribution in [0, 0.1) is 0 Å². The van der Waals surface area contributed by atoms with Crippen LogP contribution in [0.2, 0.25) is 0 Å². The summed E-state index contributed by atoms with van der Waals surface area (Å²) in [5.41, 5.74) is 5.54. The number of aromatic nitrogens is 2. The number of nitrogen functional groups attached to an aromatic ring is 1. The molecular formula is C7H14N4O3S. The van der Waals surface area contributed by atoms with E-state index in [0.29, 0.717) is 6.61 Å².